The standard InChI is InChI=1S/C12H9Cl2N5O/c1-19-5-7(4-16-19)11-17-12(20-18-11)6-2-8(13)10(15)9(14)3-6/h2-5H,15H2,1H3. The Morgan fingerprint density at radius 1 is 1.20 bits per heavy atom. The van der Waals surface area contributed by atoms with Gasteiger partial charge in [-0.15, -0.1) is 0 Å². The Bertz CT molecular complexity index is 757. The first-order valence-electron chi connectivity index (χ1n) is 5.62. The molecule has 0 saturated carbocycles. The van der Waals surface area contributed by atoms with Crippen molar-refractivity contribution in [2.45, 2.75) is 0 Å². The van der Waals surface area contributed by atoms with Crippen molar-refractivity contribution in [2.75, 3.05) is 5.73 Å². The number of aromatic nitrogens is 4. The van der Waals surface area contributed by atoms with Crippen LogP contribution in [0.3, 0.4) is 0 Å². The molecule has 102 valence electrons. The number of nitrogens with zero attached hydrogens (tertiary/aromatic N) is 4. The quantitative estimate of drug-likeness (QED) is 0.736. The SMILES string of the molecule is Cn1cc(-c2noc(-c3cc(Cl)c(N)c(Cl)c3)n2)cn1. The summed E-state index contributed by atoms with van der Waals surface area (Å²) in [7, 11) is 1.81. The van der Waals surface area contributed by atoms with Gasteiger partial charge in [-0.25, -0.2) is 0 Å². The molecule has 0 aliphatic carbocycles. The number of rotatable bonds is 2. The van der Waals surface area contributed by atoms with Gasteiger partial charge in [0, 0.05) is 18.8 Å². The topological polar surface area (TPSA) is 82.8 Å². The van der Waals surface area contributed by atoms with Gasteiger partial charge in [-0.2, -0.15) is 10.1 Å². The molecule has 3 aromatic rings. The predicted octanol–water partition coefficient (Wildman–Crippen LogP) is 3.03. The maximum absolute atomic E-state index is 5.98. The Morgan fingerprint density at radius 3 is 2.50 bits per heavy atom. The van der Waals surface area contributed by atoms with Crippen LogP contribution in [0.25, 0.3) is 22.8 Å². The molecule has 0 saturated heterocycles. The molecule has 0 aliphatic rings. The zero-order chi connectivity index (χ0) is 14.3. The average Bonchev–Trinajstić information content (AvgIpc) is 3.03. The number of nitrogen functional groups attached to an aromatic ring is 1. The minimum atomic E-state index is 0.313. The van der Waals surface area contributed by atoms with Crippen LogP contribution in [-0.2, 0) is 7.05 Å². The van der Waals surface area contributed by atoms with Crippen LogP contribution < -0.4 is 5.73 Å². The van der Waals surface area contributed by atoms with E-state index in [1.165, 1.54) is 0 Å². The largest absolute Gasteiger partial charge is 0.396 e. The second-order valence-corrected chi connectivity index (χ2v) is 4.99. The number of halogens is 2. The van der Waals surface area contributed by atoms with Gasteiger partial charge in [0.25, 0.3) is 5.89 Å². The van der Waals surface area contributed by atoms with Gasteiger partial charge >= 0.3 is 0 Å². The van der Waals surface area contributed by atoms with E-state index in [-0.39, 0.29) is 0 Å². The van der Waals surface area contributed by atoms with Crippen LogP contribution in [0.1, 0.15) is 0 Å². The molecule has 0 atom stereocenters. The highest BCUT2D eigenvalue weighted by molar-refractivity contribution is 6.39. The summed E-state index contributed by atoms with van der Waals surface area (Å²) in [4.78, 5) is 4.29. The Morgan fingerprint density at radius 2 is 1.90 bits per heavy atom. The molecule has 2 heterocycles. The molecule has 6 nitrogen and oxygen atoms in total. The summed E-state index contributed by atoms with van der Waals surface area (Å²) in [6.45, 7) is 0. The minimum Gasteiger partial charge on any atom is -0.396 e. The third-order valence-corrected chi connectivity index (χ3v) is 3.34. The van der Waals surface area contributed by atoms with Crippen molar-refractivity contribution in [1.82, 2.24) is 19.9 Å². The Labute approximate surface area is 124 Å². The van der Waals surface area contributed by atoms with Gasteiger partial charge in [0.05, 0.1) is 27.5 Å². The van der Waals surface area contributed by atoms with E-state index >= 15 is 0 Å². The summed E-state index contributed by atoms with van der Waals surface area (Å²) in [5.74, 6) is 0.754. The number of benzene rings is 1. The zero-order valence-electron chi connectivity index (χ0n) is 10.3. The van der Waals surface area contributed by atoms with E-state index in [9.17, 15) is 0 Å². The summed E-state index contributed by atoms with van der Waals surface area (Å²) in [6.07, 6.45) is 3.44. The van der Waals surface area contributed by atoms with Crippen LogP contribution in [0.5, 0.6) is 0 Å². The summed E-state index contributed by atoms with van der Waals surface area (Å²) in [5, 5.41) is 8.63. The number of nitrogens with two attached hydrogens (primary N) is 1. The van der Waals surface area contributed by atoms with Crippen molar-refractivity contribution < 1.29 is 4.52 Å². The van der Waals surface area contributed by atoms with Crippen LogP contribution in [0.2, 0.25) is 10.0 Å². The lowest BCUT2D eigenvalue weighted by Gasteiger charge is -2.02. The third-order valence-electron chi connectivity index (χ3n) is 2.72. The monoisotopic (exact) mass is 309 g/mol. The fourth-order valence-electron chi connectivity index (χ4n) is 1.70. The fraction of sp³-hybridized carbons (Fsp3) is 0.0833. The maximum Gasteiger partial charge on any atom is 0.258 e. The highest BCUT2D eigenvalue weighted by Gasteiger charge is 2.14. The van der Waals surface area contributed by atoms with E-state index in [1.54, 1.807) is 29.2 Å². The second-order valence-electron chi connectivity index (χ2n) is 4.18. The van der Waals surface area contributed by atoms with Crippen molar-refractivity contribution in [3.05, 3.63) is 34.6 Å². The first-order chi connectivity index (χ1) is 9.54. The van der Waals surface area contributed by atoms with Gasteiger partial charge in [0.2, 0.25) is 5.82 Å². The molecule has 2 N–H and O–H groups in total. The molecule has 3 rings (SSSR count). The predicted molar refractivity (Wildman–Crippen MR) is 76.4 cm³/mol. The highest BCUT2D eigenvalue weighted by atomic mass is 35.5. The number of hydrogen-bond acceptors (Lipinski definition) is 5. The molecule has 1 aromatic carbocycles. The van der Waals surface area contributed by atoms with Crippen LogP contribution >= 0.6 is 23.2 Å². The third kappa shape index (κ3) is 2.23. The average molecular weight is 310 g/mol. The Balaban J connectivity index is 2.02. The van der Waals surface area contributed by atoms with E-state index in [1.807, 2.05) is 7.05 Å². The zero-order valence-corrected chi connectivity index (χ0v) is 11.9. The van der Waals surface area contributed by atoms with Gasteiger partial charge in [-0.1, -0.05) is 28.4 Å². The first-order valence-corrected chi connectivity index (χ1v) is 6.38. The lowest BCUT2D eigenvalue weighted by atomic mass is 10.2. The molecule has 0 fully saturated rings. The summed E-state index contributed by atoms with van der Waals surface area (Å²) < 4.78 is 6.86. The first kappa shape index (κ1) is 13.0. The molecular weight excluding hydrogens is 301 g/mol. The normalized spacial score (nSPS) is 10.9. The molecule has 8 heteroatoms. The molecule has 0 aliphatic heterocycles. The highest BCUT2D eigenvalue weighted by Crippen LogP contribution is 2.33. The van der Waals surface area contributed by atoms with E-state index < -0.39 is 0 Å². The molecule has 0 unspecified atom stereocenters. The van der Waals surface area contributed by atoms with Gasteiger partial charge in [-0.05, 0) is 12.1 Å². The minimum absolute atomic E-state index is 0.313. The second kappa shape index (κ2) is 4.81. The van der Waals surface area contributed by atoms with Crippen LogP contribution in [-0.4, -0.2) is 19.9 Å². The molecular formula is C12H9Cl2N5O. The maximum atomic E-state index is 5.98. The van der Waals surface area contributed by atoms with E-state index in [0.29, 0.717) is 33.0 Å². The smallest absolute Gasteiger partial charge is 0.258 e. The molecule has 0 bridgehead atoms. The van der Waals surface area contributed by atoms with Crippen LogP contribution in [0.15, 0.2) is 29.0 Å². The molecule has 0 amide bonds. The van der Waals surface area contributed by atoms with E-state index in [4.69, 9.17) is 33.5 Å². The molecule has 2 aromatic heterocycles. The van der Waals surface area contributed by atoms with Crippen molar-refractivity contribution in [3.8, 4) is 22.8 Å². The van der Waals surface area contributed by atoms with E-state index in [2.05, 4.69) is 15.2 Å². The van der Waals surface area contributed by atoms with Crippen molar-refractivity contribution in [1.29, 1.82) is 0 Å². The van der Waals surface area contributed by atoms with E-state index in [0.717, 1.165) is 5.56 Å². The number of anilines is 1. The van der Waals surface area contributed by atoms with Crippen molar-refractivity contribution in [3.63, 3.8) is 0 Å². The lowest BCUT2D eigenvalue weighted by Crippen LogP contribution is -1.89. The fourth-order valence-corrected chi connectivity index (χ4v) is 2.19. The summed E-state index contributed by atoms with van der Waals surface area (Å²) in [5.41, 5.74) is 7.38. The lowest BCUT2D eigenvalue weighted by molar-refractivity contribution is 0.432. The Kier molecular flexibility index (Phi) is 3.11. The molecule has 20 heavy (non-hydrogen) atoms. The van der Waals surface area contributed by atoms with Crippen molar-refractivity contribution in [2.24, 2.45) is 7.05 Å². The van der Waals surface area contributed by atoms with Crippen molar-refractivity contribution >= 4 is 28.9 Å². The summed E-state index contributed by atoms with van der Waals surface area (Å²) in [6, 6.07) is 3.26. The Hall–Kier alpha value is -2.05. The van der Waals surface area contributed by atoms with Gasteiger partial charge in [0.1, 0.15) is 0 Å². The number of aryl methyl sites for hydroxylation is 1. The number of hydrogen-bond donors (Lipinski definition) is 1. The van der Waals surface area contributed by atoms with Crippen LogP contribution in [0.4, 0.5) is 5.69 Å². The van der Waals surface area contributed by atoms with Crippen LogP contribution in [0, 0.1) is 0 Å². The molecule has 0 radical (unpaired) electrons. The summed E-state index contributed by atoms with van der Waals surface area (Å²) >= 11 is 12.0. The van der Waals surface area contributed by atoms with Gasteiger partial charge < -0.3 is 10.3 Å². The van der Waals surface area contributed by atoms with Gasteiger partial charge in [0.15, 0.2) is 0 Å². The molecule has 0 spiro atoms. The van der Waals surface area contributed by atoms with Gasteiger partial charge in [-0.3, -0.25) is 4.68 Å².